The maximum absolute atomic E-state index is 8.74. The van der Waals surface area contributed by atoms with Crippen molar-refractivity contribution in [3.8, 4) is 0 Å². The minimum absolute atomic E-state index is 0. The van der Waals surface area contributed by atoms with Crippen molar-refractivity contribution >= 4 is 38.7 Å². The van der Waals surface area contributed by atoms with E-state index in [4.69, 9.17) is 14.1 Å². The Balaban J connectivity index is 0. The molecule has 1 aliphatic heterocycles. The average Bonchev–Trinajstić information content (AvgIpc) is 1.90. The second-order valence-corrected chi connectivity index (χ2v) is 2.66. The summed E-state index contributed by atoms with van der Waals surface area (Å²) in [5.41, 5.74) is 0. The molecule has 0 unspecified atom stereocenters. The molecule has 1 aliphatic rings. The van der Waals surface area contributed by atoms with Gasteiger partial charge in [-0.3, -0.25) is 4.46 Å². The van der Waals surface area contributed by atoms with Crippen molar-refractivity contribution in [3.05, 3.63) is 0 Å². The monoisotopic (exact) mass is 187 g/mol. The van der Waals surface area contributed by atoms with Gasteiger partial charge in [-0.15, -0.1) is 0 Å². The van der Waals surface area contributed by atoms with Crippen LogP contribution in [0.3, 0.4) is 0 Å². The summed E-state index contributed by atoms with van der Waals surface area (Å²) in [6, 6.07) is 0. The second kappa shape index (κ2) is 10.6. The van der Waals surface area contributed by atoms with E-state index in [0.717, 1.165) is 0 Å². The van der Waals surface area contributed by atoms with Crippen molar-refractivity contribution in [1.29, 1.82) is 0 Å². The Morgan fingerprint density at radius 1 is 1.09 bits per heavy atom. The van der Waals surface area contributed by atoms with Crippen LogP contribution < -0.4 is 5.32 Å². The van der Waals surface area contributed by atoms with Gasteiger partial charge in [0.2, 0.25) is 0 Å². The zero-order valence-electron chi connectivity index (χ0n) is 5.84. The third-order valence-electron chi connectivity index (χ3n) is 1.21. The summed E-state index contributed by atoms with van der Waals surface area (Å²) in [6.07, 6.45) is 4.22. The number of nitrogens with one attached hydrogen (secondary N) is 1. The van der Waals surface area contributed by atoms with Crippen LogP contribution in [0.2, 0.25) is 0 Å². The minimum atomic E-state index is -3.13. The SMILES string of the molecule is C1CCNCC1.O=[Si](O)O.[NaH]. The molecule has 1 fully saturated rings. The van der Waals surface area contributed by atoms with Crippen LogP contribution in [-0.4, -0.2) is 61.4 Å². The Hall–Kier alpha value is 0.577. The molecule has 4 nitrogen and oxygen atoms in total. The molecular formula is C5H14NNaO3Si. The van der Waals surface area contributed by atoms with Crippen LogP contribution in [0.5, 0.6) is 0 Å². The molecule has 0 amide bonds. The fourth-order valence-electron chi connectivity index (χ4n) is 0.802. The molecule has 1 heterocycles. The molecule has 0 aromatic heterocycles. The molecular weight excluding hydrogens is 173 g/mol. The molecule has 3 N–H and O–H groups in total. The predicted molar refractivity (Wildman–Crippen MR) is 44.7 cm³/mol. The van der Waals surface area contributed by atoms with Crippen LogP contribution in [0, 0.1) is 0 Å². The van der Waals surface area contributed by atoms with Crippen molar-refractivity contribution < 1.29 is 14.1 Å². The zero-order chi connectivity index (χ0) is 7.82. The third kappa shape index (κ3) is 18.0. The summed E-state index contributed by atoms with van der Waals surface area (Å²) in [7, 11) is -3.13. The molecule has 0 bridgehead atoms. The van der Waals surface area contributed by atoms with Crippen molar-refractivity contribution in [2.24, 2.45) is 0 Å². The van der Waals surface area contributed by atoms with Crippen LogP contribution in [0.1, 0.15) is 19.3 Å². The number of rotatable bonds is 0. The predicted octanol–water partition coefficient (Wildman–Crippen LogP) is -1.50. The van der Waals surface area contributed by atoms with E-state index >= 15 is 0 Å². The number of piperidine rings is 1. The van der Waals surface area contributed by atoms with Gasteiger partial charge < -0.3 is 14.9 Å². The summed E-state index contributed by atoms with van der Waals surface area (Å²) in [5, 5.41) is 3.28. The molecule has 1 saturated heterocycles. The van der Waals surface area contributed by atoms with Gasteiger partial charge in [0.05, 0.1) is 0 Å². The molecule has 1 rings (SSSR count). The first-order chi connectivity index (χ1) is 4.73. The summed E-state index contributed by atoms with van der Waals surface area (Å²) < 4.78 is 8.74. The fourth-order valence-corrected chi connectivity index (χ4v) is 0.802. The van der Waals surface area contributed by atoms with Gasteiger partial charge in [-0.2, -0.15) is 0 Å². The Kier molecular flexibility index (Phi) is 13.6. The Morgan fingerprint density at radius 2 is 1.45 bits per heavy atom. The zero-order valence-corrected chi connectivity index (χ0v) is 6.84. The molecule has 0 radical (unpaired) electrons. The van der Waals surface area contributed by atoms with E-state index in [0.29, 0.717) is 0 Å². The molecule has 62 valence electrons. The summed E-state index contributed by atoms with van der Waals surface area (Å²) >= 11 is 0. The van der Waals surface area contributed by atoms with Gasteiger partial charge in [-0.05, 0) is 25.9 Å². The maximum atomic E-state index is 8.74. The second-order valence-electron chi connectivity index (χ2n) is 2.09. The summed E-state index contributed by atoms with van der Waals surface area (Å²) in [5.74, 6) is 0. The van der Waals surface area contributed by atoms with E-state index in [1.54, 1.807) is 0 Å². The molecule has 0 atom stereocenters. The van der Waals surface area contributed by atoms with Gasteiger partial charge >= 0.3 is 38.7 Å². The van der Waals surface area contributed by atoms with Crippen LogP contribution in [0.25, 0.3) is 0 Å². The molecule has 11 heavy (non-hydrogen) atoms. The van der Waals surface area contributed by atoms with Crippen LogP contribution in [0.15, 0.2) is 0 Å². The average molecular weight is 187 g/mol. The van der Waals surface area contributed by atoms with Gasteiger partial charge in [0.15, 0.2) is 0 Å². The van der Waals surface area contributed by atoms with Gasteiger partial charge in [0, 0.05) is 0 Å². The van der Waals surface area contributed by atoms with Gasteiger partial charge in [-0.1, -0.05) is 6.42 Å². The van der Waals surface area contributed by atoms with E-state index in [-0.39, 0.29) is 29.6 Å². The third-order valence-corrected chi connectivity index (χ3v) is 1.21. The standard InChI is InChI=1S/C5H11N.Na.H2O3Si.H/c1-2-4-6-5-3-1;;1-4(2)3;/h6H,1-5H2;;1-2H;. The van der Waals surface area contributed by atoms with Crippen molar-refractivity contribution in [3.63, 3.8) is 0 Å². The van der Waals surface area contributed by atoms with Crippen molar-refractivity contribution in [1.82, 2.24) is 5.32 Å². The van der Waals surface area contributed by atoms with E-state index in [1.165, 1.54) is 32.4 Å². The Labute approximate surface area is 90.2 Å². The molecule has 0 aromatic carbocycles. The summed E-state index contributed by atoms with van der Waals surface area (Å²) in [4.78, 5) is 14.3. The molecule has 0 saturated carbocycles. The normalized spacial score (nSPS) is 15.3. The molecule has 0 aromatic rings. The molecule has 0 spiro atoms. The van der Waals surface area contributed by atoms with Gasteiger partial charge in [0.25, 0.3) is 0 Å². The van der Waals surface area contributed by atoms with Crippen LogP contribution in [-0.2, 0) is 4.46 Å². The quantitative estimate of drug-likeness (QED) is 0.404. The molecule has 6 heteroatoms. The first kappa shape index (κ1) is 14.1. The summed E-state index contributed by atoms with van der Waals surface area (Å²) in [6.45, 7) is 2.50. The number of hydrogen-bond donors (Lipinski definition) is 3. The van der Waals surface area contributed by atoms with Crippen LogP contribution >= 0.6 is 0 Å². The first-order valence-electron chi connectivity index (χ1n) is 3.36. The van der Waals surface area contributed by atoms with Crippen molar-refractivity contribution in [2.45, 2.75) is 19.3 Å². The van der Waals surface area contributed by atoms with E-state index in [1.807, 2.05) is 0 Å². The topological polar surface area (TPSA) is 69.6 Å². The van der Waals surface area contributed by atoms with E-state index < -0.39 is 9.17 Å². The Bertz CT molecular complexity index is 84.2. The first-order valence-corrected chi connectivity index (χ1v) is 4.66. The van der Waals surface area contributed by atoms with Crippen LogP contribution in [0.4, 0.5) is 0 Å². The Morgan fingerprint density at radius 3 is 1.55 bits per heavy atom. The van der Waals surface area contributed by atoms with Crippen molar-refractivity contribution in [2.75, 3.05) is 13.1 Å². The fraction of sp³-hybridized carbons (Fsp3) is 1.00. The van der Waals surface area contributed by atoms with E-state index in [9.17, 15) is 0 Å². The van der Waals surface area contributed by atoms with Gasteiger partial charge in [0.1, 0.15) is 0 Å². The number of hydrogen-bond acceptors (Lipinski definition) is 2. The molecule has 0 aliphatic carbocycles. The van der Waals surface area contributed by atoms with Gasteiger partial charge in [-0.25, -0.2) is 0 Å². The van der Waals surface area contributed by atoms with E-state index in [2.05, 4.69) is 5.32 Å².